The standard InChI is InChI=1S/C15H18Cl2N4/c1-3-10-4-6-11(7-5-10)20-15(18)19-9-12-8-13(16)14(17)21(12)2/h4-8H,3,9H2,1-2H3,(H3,18,19,20). The summed E-state index contributed by atoms with van der Waals surface area (Å²) in [6.07, 6.45) is 1.01. The summed E-state index contributed by atoms with van der Waals surface area (Å²) in [6, 6.07) is 9.88. The van der Waals surface area contributed by atoms with Crippen LogP contribution in [0.1, 0.15) is 18.2 Å². The lowest BCUT2D eigenvalue weighted by Crippen LogP contribution is -2.22. The highest BCUT2D eigenvalue weighted by Crippen LogP contribution is 2.25. The lowest BCUT2D eigenvalue weighted by molar-refractivity contribution is 0.825. The van der Waals surface area contributed by atoms with Crippen molar-refractivity contribution in [3.63, 3.8) is 0 Å². The summed E-state index contributed by atoms with van der Waals surface area (Å²) in [6.45, 7) is 2.53. The van der Waals surface area contributed by atoms with Crippen molar-refractivity contribution < 1.29 is 0 Å². The Hall–Kier alpha value is -1.65. The maximum Gasteiger partial charge on any atom is 0.193 e. The van der Waals surface area contributed by atoms with E-state index in [-0.39, 0.29) is 0 Å². The van der Waals surface area contributed by atoms with Crippen LogP contribution in [0, 0.1) is 0 Å². The molecule has 21 heavy (non-hydrogen) atoms. The molecule has 0 spiro atoms. The van der Waals surface area contributed by atoms with Crippen LogP contribution in [-0.4, -0.2) is 10.5 Å². The van der Waals surface area contributed by atoms with Crippen molar-refractivity contribution >= 4 is 34.8 Å². The fourth-order valence-electron chi connectivity index (χ4n) is 1.92. The number of nitrogens with zero attached hydrogens (tertiary/aromatic N) is 2. The molecule has 1 aromatic heterocycles. The van der Waals surface area contributed by atoms with Crippen LogP contribution < -0.4 is 11.1 Å². The van der Waals surface area contributed by atoms with E-state index in [9.17, 15) is 0 Å². The van der Waals surface area contributed by atoms with Crippen molar-refractivity contribution in [2.24, 2.45) is 17.8 Å². The number of hydrogen-bond acceptors (Lipinski definition) is 1. The van der Waals surface area contributed by atoms with E-state index >= 15 is 0 Å². The molecule has 0 atom stereocenters. The topological polar surface area (TPSA) is 55.3 Å². The Labute approximate surface area is 134 Å². The van der Waals surface area contributed by atoms with Gasteiger partial charge in [0.25, 0.3) is 0 Å². The number of aliphatic imine (C=N–C) groups is 1. The van der Waals surface area contributed by atoms with Crippen LogP contribution in [0.3, 0.4) is 0 Å². The highest BCUT2D eigenvalue weighted by Gasteiger charge is 2.08. The van der Waals surface area contributed by atoms with Crippen LogP contribution in [0.2, 0.25) is 10.2 Å². The average Bonchev–Trinajstić information content (AvgIpc) is 2.73. The second-order valence-electron chi connectivity index (χ2n) is 4.71. The molecule has 4 nitrogen and oxygen atoms in total. The number of halogens is 2. The zero-order chi connectivity index (χ0) is 15.4. The van der Waals surface area contributed by atoms with Crippen molar-refractivity contribution in [3.05, 3.63) is 51.8 Å². The summed E-state index contributed by atoms with van der Waals surface area (Å²) in [5.41, 5.74) is 8.98. The SMILES string of the molecule is CCc1ccc(NC(N)=NCc2cc(Cl)c(Cl)n2C)cc1. The minimum atomic E-state index is 0.354. The molecule has 3 N–H and O–H groups in total. The van der Waals surface area contributed by atoms with E-state index in [0.717, 1.165) is 17.8 Å². The molecule has 2 aromatic rings. The first-order chi connectivity index (χ1) is 10.0. The molecule has 0 aliphatic carbocycles. The fraction of sp³-hybridized carbons (Fsp3) is 0.267. The summed E-state index contributed by atoms with van der Waals surface area (Å²) in [5, 5.41) is 4.08. The van der Waals surface area contributed by atoms with Crippen molar-refractivity contribution in [2.75, 3.05) is 5.32 Å². The third kappa shape index (κ3) is 3.93. The van der Waals surface area contributed by atoms with E-state index in [0.29, 0.717) is 22.7 Å². The molecule has 0 bridgehead atoms. The molecule has 0 saturated carbocycles. The predicted octanol–water partition coefficient (Wildman–Crippen LogP) is 3.82. The summed E-state index contributed by atoms with van der Waals surface area (Å²) in [7, 11) is 1.84. The third-order valence-corrected chi connectivity index (χ3v) is 4.10. The van der Waals surface area contributed by atoms with E-state index in [2.05, 4.69) is 29.4 Å². The van der Waals surface area contributed by atoms with Crippen LogP contribution in [-0.2, 0) is 20.0 Å². The largest absolute Gasteiger partial charge is 0.370 e. The summed E-state index contributed by atoms with van der Waals surface area (Å²) >= 11 is 12.0. The molecule has 1 aromatic carbocycles. The molecule has 0 amide bonds. The maximum absolute atomic E-state index is 6.01. The number of anilines is 1. The second kappa shape index (κ2) is 6.87. The van der Waals surface area contributed by atoms with Crippen molar-refractivity contribution in [2.45, 2.75) is 19.9 Å². The molecule has 6 heteroatoms. The van der Waals surface area contributed by atoms with Crippen LogP contribution in [0.4, 0.5) is 5.69 Å². The maximum atomic E-state index is 6.01. The molecular weight excluding hydrogens is 307 g/mol. The van der Waals surface area contributed by atoms with Gasteiger partial charge in [0, 0.05) is 18.4 Å². The van der Waals surface area contributed by atoms with E-state index in [4.69, 9.17) is 28.9 Å². The molecule has 0 unspecified atom stereocenters. The number of guanidine groups is 1. The summed E-state index contributed by atoms with van der Waals surface area (Å²) in [4.78, 5) is 4.29. The van der Waals surface area contributed by atoms with E-state index in [1.807, 2.05) is 19.2 Å². The van der Waals surface area contributed by atoms with Crippen LogP contribution in [0.5, 0.6) is 0 Å². The molecule has 0 aliphatic rings. The van der Waals surface area contributed by atoms with Gasteiger partial charge in [-0.2, -0.15) is 0 Å². The van der Waals surface area contributed by atoms with Gasteiger partial charge in [0.05, 0.1) is 11.6 Å². The van der Waals surface area contributed by atoms with Gasteiger partial charge in [-0.3, -0.25) is 0 Å². The number of aryl methyl sites for hydroxylation is 1. The molecule has 1 heterocycles. The van der Waals surface area contributed by atoms with Crippen LogP contribution >= 0.6 is 23.2 Å². The highest BCUT2D eigenvalue weighted by molar-refractivity contribution is 6.41. The first-order valence-corrected chi connectivity index (χ1v) is 7.42. The van der Waals surface area contributed by atoms with Gasteiger partial charge in [-0.1, -0.05) is 42.3 Å². The molecule has 0 fully saturated rings. The Morgan fingerprint density at radius 1 is 1.29 bits per heavy atom. The number of benzene rings is 1. The van der Waals surface area contributed by atoms with Crippen LogP contribution in [0.25, 0.3) is 0 Å². The fourth-order valence-corrected chi connectivity index (χ4v) is 2.33. The molecule has 0 aliphatic heterocycles. The van der Waals surface area contributed by atoms with Crippen molar-refractivity contribution in [1.82, 2.24) is 4.57 Å². The number of nitrogens with two attached hydrogens (primary N) is 1. The number of nitrogens with one attached hydrogen (secondary N) is 1. The van der Waals surface area contributed by atoms with Gasteiger partial charge in [0.2, 0.25) is 0 Å². The minimum Gasteiger partial charge on any atom is -0.370 e. The molecule has 0 radical (unpaired) electrons. The van der Waals surface area contributed by atoms with Gasteiger partial charge in [-0.15, -0.1) is 0 Å². The molecule has 0 saturated heterocycles. The van der Waals surface area contributed by atoms with Gasteiger partial charge in [-0.05, 0) is 30.2 Å². The second-order valence-corrected chi connectivity index (χ2v) is 5.48. The van der Waals surface area contributed by atoms with Gasteiger partial charge < -0.3 is 15.6 Å². The monoisotopic (exact) mass is 324 g/mol. The minimum absolute atomic E-state index is 0.354. The van der Waals surface area contributed by atoms with Gasteiger partial charge in [0.15, 0.2) is 5.96 Å². The van der Waals surface area contributed by atoms with Gasteiger partial charge >= 0.3 is 0 Å². The van der Waals surface area contributed by atoms with Crippen molar-refractivity contribution in [3.8, 4) is 0 Å². The molecule has 2 rings (SSSR count). The van der Waals surface area contributed by atoms with Gasteiger partial charge in [-0.25, -0.2) is 4.99 Å². The number of aromatic nitrogens is 1. The zero-order valence-electron chi connectivity index (χ0n) is 12.0. The molecule has 112 valence electrons. The molecular formula is C15H18Cl2N4. The predicted molar refractivity (Wildman–Crippen MR) is 90.2 cm³/mol. The smallest absolute Gasteiger partial charge is 0.193 e. The number of rotatable bonds is 4. The van der Waals surface area contributed by atoms with Gasteiger partial charge in [0.1, 0.15) is 5.15 Å². The first-order valence-electron chi connectivity index (χ1n) is 6.66. The Bertz CT molecular complexity index is 644. The zero-order valence-corrected chi connectivity index (χ0v) is 13.5. The lowest BCUT2D eigenvalue weighted by Gasteiger charge is -2.07. The van der Waals surface area contributed by atoms with E-state index in [1.165, 1.54) is 5.56 Å². The first kappa shape index (κ1) is 15.7. The summed E-state index contributed by atoms with van der Waals surface area (Å²) in [5.74, 6) is 0.354. The quantitative estimate of drug-likeness (QED) is 0.663. The Morgan fingerprint density at radius 3 is 2.48 bits per heavy atom. The van der Waals surface area contributed by atoms with Crippen molar-refractivity contribution in [1.29, 1.82) is 0 Å². The Kier molecular flexibility index (Phi) is 5.15. The highest BCUT2D eigenvalue weighted by atomic mass is 35.5. The Balaban J connectivity index is 2.01. The normalized spacial score (nSPS) is 11.7. The third-order valence-electron chi connectivity index (χ3n) is 3.26. The number of hydrogen-bond donors (Lipinski definition) is 2. The summed E-state index contributed by atoms with van der Waals surface area (Å²) < 4.78 is 1.79. The average molecular weight is 325 g/mol. The Morgan fingerprint density at radius 2 is 1.95 bits per heavy atom. The lowest BCUT2D eigenvalue weighted by atomic mass is 10.1. The van der Waals surface area contributed by atoms with Crippen LogP contribution in [0.15, 0.2) is 35.3 Å². The van der Waals surface area contributed by atoms with E-state index < -0.39 is 0 Å². The van der Waals surface area contributed by atoms with E-state index in [1.54, 1.807) is 10.6 Å².